The fraction of sp³-hybridized carbons (Fsp3) is 0.423. The molecule has 3 rings (SSSR count). The van der Waals surface area contributed by atoms with Crippen LogP contribution in [0.3, 0.4) is 0 Å². The first-order valence-corrected chi connectivity index (χ1v) is 11.5. The highest BCUT2D eigenvalue weighted by Crippen LogP contribution is 2.45. The molecule has 34 heavy (non-hydrogen) atoms. The fourth-order valence-corrected chi connectivity index (χ4v) is 4.37. The number of ether oxygens (including phenoxy) is 1. The van der Waals surface area contributed by atoms with Gasteiger partial charge in [0, 0.05) is 19.0 Å². The minimum Gasteiger partial charge on any atom is -0.480 e. The molecule has 0 saturated carbocycles. The van der Waals surface area contributed by atoms with Gasteiger partial charge in [-0.1, -0.05) is 48.5 Å². The molecule has 2 aromatic rings. The molecule has 8 heteroatoms. The Bertz CT molecular complexity index is 1000. The third-order valence-electron chi connectivity index (χ3n) is 5.82. The van der Waals surface area contributed by atoms with Crippen molar-refractivity contribution >= 4 is 18.2 Å². The van der Waals surface area contributed by atoms with Gasteiger partial charge in [-0.25, -0.2) is 14.4 Å². The SMILES string of the molecule is CC(C)(C)OC(=O)NCCCC[C@H](C(=O)O)N(CC1c2ccccc2-c2ccccc21)C(=O)O. The van der Waals surface area contributed by atoms with E-state index in [0.29, 0.717) is 19.4 Å². The standard InChI is InChI=1S/C26H32N2O6/c1-26(2,3)34-24(31)27-15-9-8-14-22(23(29)30)28(25(32)33)16-21-19-12-6-4-10-17(19)18-11-5-7-13-20(18)21/h4-7,10-13,21-22H,8-9,14-16H2,1-3H3,(H,27,31)(H,29,30)(H,32,33)/t22-/m1/s1. The maximum absolute atomic E-state index is 12.2. The first-order chi connectivity index (χ1) is 16.1. The Hall–Kier alpha value is -3.55. The predicted molar refractivity (Wildman–Crippen MR) is 128 cm³/mol. The van der Waals surface area contributed by atoms with Gasteiger partial charge in [-0.2, -0.15) is 0 Å². The van der Waals surface area contributed by atoms with Crippen LogP contribution >= 0.6 is 0 Å². The Kier molecular flexibility index (Phi) is 7.81. The summed E-state index contributed by atoms with van der Waals surface area (Å²) in [6.45, 7) is 5.68. The molecule has 8 nitrogen and oxygen atoms in total. The molecule has 0 saturated heterocycles. The molecule has 0 bridgehead atoms. The molecular weight excluding hydrogens is 436 g/mol. The summed E-state index contributed by atoms with van der Waals surface area (Å²) in [5, 5.41) is 22.4. The third-order valence-corrected chi connectivity index (χ3v) is 5.82. The van der Waals surface area contributed by atoms with E-state index in [0.717, 1.165) is 27.2 Å². The van der Waals surface area contributed by atoms with E-state index in [2.05, 4.69) is 5.32 Å². The Morgan fingerprint density at radius 3 is 2.03 bits per heavy atom. The number of carboxylic acid groups (broad SMARTS) is 2. The van der Waals surface area contributed by atoms with Crippen molar-refractivity contribution in [1.82, 2.24) is 10.2 Å². The van der Waals surface area contributed by atoms with Crippen molar-refractivity contribution in [2.45, 2.75) is 57.6 Å². The topological polar surface area (TPSA) is 116 Å². The van der Waals surface area contributed by atoms with Crippen molar-refractivity contribution in [3.63, 3.8) is 0 Å². The molecule has 3 N–H and O–H groups in total. The molecule has 0 unspecified atom stereocenters. The highest BCUT2D eigenvalue weighted by atomic mass is 16.6. The summed E-state index contributed by atoms with van der Waals surface area (Å²) in [4.78, 5) is 37.0. The average molecular weight is 469 g/mol. The van der Waals surface area contributed by atoms with Gasteiger partial charge >= 0.3 is 18.2 Å². The van der Waals surface area contributed by atoms with Gasteiger partial charge in [0.2, 0.25) is 0 Å². The fourth-order valence-electron chi connectivity index (χ4n) is 4.37. The zero-order chi connectivity index (χ0) is 24.9. The molecule has 2 aromatic carbocycles. The van der Waals surface area contributed by atoms with Gasteiger partial charge < -0.3 is 20.3 Å². The number of nitrogens with zero attached hydrogens (tertiary/aromatic N) is 1. The zero-order valence-electron chi connectivity index (χ0n) is 19.8. The summed E-state index contributed by atoms with van der Waals surface area (Å²) in [5.74, 6) is -1.42. The van der Waals surface area contributed by atoms with E-state index in [9.17, 15) is 24.6 Å². The van der Waals surface area contributed by atoms with Crippen molar-refractivity contribution < 1.29 is 29.3 Å². The third kappa shape index (κ3) is 6.07. The van der Waals surface area contributed by atoms with E-state index in [4.69, 9.17) is 4.74 Å². The number of fused-ring (bicyclic) bond motifs is 3. The predicted octanol–water partition coefficient (Wildman–Crippen LogP) is 4.93. The number of carbonyl (C=O) groups excluding carboxylic acids is 1. The summed E-state index contributed by atoms with van der Waals surface area (Å²) in [7, 11) is 0. The van der Waals surface area contributed by atoms with Crippen LogP contribution in [0.25, 0.3) is 11.1 Å². The van der Waals surface area contributed by atoms with Crippen LogP contribution in [0.15, 0.2) is 48.5 Å². The minimum absolute atomic E-state index is 0.0521. The van der Waals surface area contributed by atoms with Crippen LogP contribution in [0.4, 0.5) is 9.59 Å². The summed E-state index contributed by atoms with van der Waals surface area (Å²) >= 11 is 0. The lowest BCUT2D eigenvalue weighted by molar-refractivity contribution is -0.143. The average Bonchev–Trinajstić information content (AvgIpc) is 3.07. The van der Waals surface area contributed by atoms with Crippen LogP contribution in [-0.4, -0.2) is 58.0 Å². The molecule has 1 atom stereocenters. The number of carbonyl (C=O) groups is 3. The Morgan fingerprint density at radius 1 is 0.971 bits per heavy atom. The summed E-state index contributed by atoms with van der Waals surface area (Å²) in [5.41, 5.74) is 3.50. The number of hydrogen-bond donors (Lipinski definition) is 3. The number of hydrogen-bond acceptors (Lipinski definition) is 4. The molecule has 0 aromatic heterocycles. The largest absolute Gasteiger partial charge is 0.480 e. The monoisotopic (exact) mass is 468 g/mol. The van der Waals surface area contributed by atoms with Crippen molar-refractivity contribution in [1.29, 1.82) is 0 Å². The highest BCUT2D eigenvalue weighted by Gasteiger charge is 2.35. The first kappa shape index (κ1) is 25.1. The van der Waals surface area contributed by atoms with Crippen LogP contribution in [0.2, 0.25) is 0 Å². The van der Waals surface area contributed by atoms with E-state index >= 15 is 0 Å². The number of alkyl carbamates (subject to hydrolysis) is 1. The van der Waals surface area contributed by atoms with Gasteiger partial charge in [0.15, 0.2) is 0 Å². The van der Waals surface area contributed by atoms with Gasteiger partial charge in [0.1, 0.15) is 11.6 Å². The lowest BCUT2D eigenvalue weighted by Crippen LogP contribution is -2.46. The van der Waals surface area contributed by atoms with Crippen molar-refractivity contribution in [2.24, 2.45) is 0 Å². The lowest BCUT2D eigenvalue weighted by atomic mass is 9.95. The van der Waals surface area contributed by atoms with E-state index in [1.807, 2.05) is 48.5 Å². The number of nitrogens with one attached hydrogen (secondary N) is 1. The minimum atomic E-state index is -1.26. The normalized spacial score (nSPS) is 13.5. The number of aliphatic carboxylic acids is 1. The van der Waals surface area contributed by atoms with Gasteiger partial charge in [-0.15, -0.1) is 0 Å². The van der Waals surface area contributed by atoms with Crippen molar-refractivity contribution in [3.05, 3.63) is 59.7 Å². The molecule has 0 fully saturated rings. The number of rotatable bonds is 9. The molecule has 2 amide bonds. The molecule has 0 heterocycles. The van der Waals surface area contributed by atoms with E-state index in [1.165, 1.54) is 0 Å². The van der Waals surface area contributed by atoms with Crippen LogP contribution in [0.5, 0.6) is 0 Å². The summed E-state index contributed by atoms with van der Waals surface area (Å²) < 4.78 is 5.17. The molecule has 182 valence electrons. The van der Waals surface area contributed by atoms with Crippen LogP contribution < -0.4 is 5.32 Å². The lowest BCUT2D eigenvalue weighted by Gasteiger charge is -2.29. The molecule has 1 aliphatic rings. The Labute approximate surface area is 199 Å². The molecular formula is C26H32N2O6. The van der Waals surface area contributed by atoms with E-state index < -0.39 is 29.8 Å². The summed E-state index contributed by atoms with van der Waals surface area (Å²) in [6, 6.07) is 14.5. The number of unbranched alkanes of at least 4 members (excludes halogenated alkanes) is 1. The highest BCUT2D eigenvalue weighted by molar-refractivity contribution is 5.81. The number of carboxylic acids is 1. The van der Waals surface area contributed by atoms with E-state index in [-0.39, 0.29) is 18.9 Å². The first-order valence-electron chi connectivity index (χ1n) is 11.5. The molecule has 1 aliphatic carbocycles. The van der Waals surface area contributed by atoms with E-state index in [1.54, 1.807) is 20.8 Å². The second kappa shape index (κ2) is 10.6. The van der Waals surface area contributed by atoms with Crippen LogP contribution in [0.1, 0.15) is 57.1 Å². The number of benzene rings is 2. The quantitative estimate of drug-likeness (QED) is 0.450. The van der Waals surface area contributed by atoms with Crippen LogP contribution in [-0.2, 0) is 9.53 Å². The van der Waals surface area contributed by atoms with Gasteiger partial charge in [-0.3, -0.25) is 4.90 Å². The maximum atomic E-state index is 12.2. The van der Waals surface area contributed by atoms with Crippen molar-refractivity contribution in [3.8, 4) is 11.1 Å². The smallest absolute Gasteiger partial charge is 0.408 e. The number of amides is 2. The molecule has 0 aliphatic heterocycles. The second-order valence-electron chi connectivity index (χ2n) is 9.44. The van der Waals surface area contributed by atoms with Gasteiger partial charge in [0.25, 0.3) is 0 Å². The molecule has 0 radical (unpaired) electrons. The van der Waals surface area contributed by atoms with Gasteiger partial charge in [-0.05, 0) is 62.3 Å². The van der Waals surface area contributed by atoms with Gasteiger partial charge in [0.05, 0.1) is 0 Å². The maximum Gasteiger partial charge on any atom is 0.408 e. The van der Waals surface area contributed by atoms with Crippen molar-refractivity contribution in [2.75, 3.05) is 13.1 Å². The Balaban J connectivity index is 1.66. The second-order valence-corrected chi connectivity index (χ2v) is 9.44. The Morgan fingerprint density at radius 2 is 1.53 bits per heavy atom. The summed E-state index contributed by atoms with van der Waals surface area (Å²) in [6.07, 6.45) is -0.706. The van der Waals surface area contributed by atoms with Crippen LogP contribution in [0, 0.1) is 0 Å². The molecule has 0 spiro atoms. The zero-order valence-corrected chi connectivity index (χ0v) is 19.8.